The van der Waals surface area contributed by atoms with Crippen LogP contribution in [0.2, 0.25) is 5.02 Å². The molecule has 0 saturated carbocycles. The Kier molecular flexibility index (Phi) is 10.00. The number of aromatic nitrogens is 6. The Labute approximate surface area is 285 Å². The number of H-pyrrole nitrogens is 1. The predicted octanol–water partition coefficient (Wildman–Crippen LogP) is 4.08. The molecule has 0 radical (unpaired) electrons. The highest BCUT2D eigenvalue weighted by Gasteiger charge is 2.35. The maximum absolute atomic E-state index is 13.7. The number of anilines is 2. The third-order valence-electron chi connectivity index (χ3n) is 8.48. The lowest BCUT2D eigenvalue weighted by Crippen LogP contribution is -2.56. The average Bonchev–Trinajstić information content (AvgIpc) is 3.77. The van der Waals surface area contributed by atoms with E-state index in [2.05, 4.69) is 42.5 Å². The van der Waals surface area contributed by atoms with E-state index in [1.54, 1.807) is 36.4 Å². The Morgan fingerprint density at radius 2 is 1.98 bits per heavy atom. The Bertz CT molecular complexity index is 1890. The summed E-state index contributed by atoms with van der Waals surface area (Å²) in [6.45, 7) is 0.0469. The number of carbonyl (C=O) groups excluding carboxylic acids is 3. The number of halogens is 2. The second-order valence-corrected chi connectivity index (χ2v) is 12.2. The first-order chi connectivity index (χ1) is 23.7. The number of tetrazole rings is 1. The van der Waals surface area contributed by atoms with Crippen molar-refractivity contribution in [3.8, 4) is 23.0 Å². The van der Waals surface area contributed by atoms with Gasteiger partial charge in [-0.15, -0.1) is 5.10 Å². The molecule has 2 bridgehead atoms. The monoisotopic (exact) mass is 689 g/mol. The van der Waals surface area contributed by atoms with E-state index in [0.717, 1.165) is 5.56 Å². The minimum atomic E-state index is -1.06. The van der Waals surface area contributed by atoms with Gasteiger partial charge in [-0.3, -0.25) is 14.9 Å². The number of nitrogens with one attached hydrogen (secondary N) is 4. The second-order valence-electron chi connectivity index (χ2n) is 11.8. The largest absolute Gasteiger partial charge is 0.453 e. The van der Waals surface area contributed by atoms with Crippen molar-refractivity contribution in [2.45, 2.75) is 56.8 Å². The molecule has 2 aliphatic heterocycles. The molecule has 0 aliphatic carbocycles. The first kappa shape index (κ1) is 33.3. The number of rotatable bonds is 7. The lowest BCUT2D eigenvalue weighted by Gasteiger charge is -2.37. The molecular formula is C32H33ClFN11O4. The summed E-state index contributed by atoms with van der Waals surface area (Å²) in [4.78, 5) is 48.2. The molecule has 3 amide bonds. The van der Waals surface area contributed by atoms with Crippen molar-refractivity contribution in [2.75, 3.05) is 30.8 Å². The molecule has 0 spiro atoms. The number of nitrogens with zero attached hydrogens (tertiary/aromatic N) is 7. The number of ether oxygens (including phenoxy) is 1. The van der Waals surface area contributed by atoms with Gasteiger partial charge in [0.05, 0.1) is 31.9 Å². The zero-order valence-corrected chi connectivity index (χ0v) is 27.2. The molecule has 2 atom stereocenters. The van der Waals surface area contributed by atoms with E-state index in [-0.39, 0.29) is 37.0 Å². The SMILES string of the molecule is COC(=O)Nc1ccc2c(c1)N[C@@H](C(=O)N1CC(F)C1)CCCC[C@H](NC(=O)CCc1cc(Cl)ccc1-n1cnnn1)c1nc-2c(C#N)[nH]1. The topological polar surface area (TPSA) is 196 Å². The highest BCUT2D eigenvalue weighted by atomic mass is 35.5. The molecule has 254 valence electrons. The van der Waals surface area contributed by atoms with Crippen LogP contribution in [0.1, 0.15) is 55.2 Å². The second kappa shape index (κ2) is 14.7. The molecule has 2 aromatic heterocycles. The molecular weight excluding hydrogens is 657 g/mol. The van der Waals surface area contributed by atoms with E-state index in [1.807, 2.05) is 0 Å². The van der Waals surface area contributed by atoms with Crippen molar-refractivity contribution < 1.29 is 23.5 Å². The summed E-state index contributed by atoms with van der Waals surface area (Å²) in [5.74, 6) is -0.0933. The fourth-order valence-electron chi connectivity index (χ4n) is 5.96. The van der Waals surface area contributed by atoms with E-state index in [1.165, 1.54) is 23.0 Å². The predicted molar refractivity (Wildman–Crippen MR) is 175 cm³/mol. The van der Waals surface area contributed by atoms with Crippen LogP contribution >= 0.6 is 11.6 Å². The van der Waals surface area contributed by atoms with Crippen molar-refractivity contribution in [3.63, 3.8) is 0 Å². The van der Waals surface area contributed by atoms with Gasteiger partial charge in [0.15, 0.2) is 0 Å². The number of imidazole rings is 1. The summed E-state index contributed by atoms with van der Waals surface area (Å²) in [5.41, 5.74) is 3.23. The first-order valence-electron chi connectivity index (χ1n) is 15.7. The van der Waals surface area contributed by atoms with Crippen LogP contribution in [0.5, 0.6) is 0 Å². The van der Waals surface area contributed by atoms with Crippen LogP contribution in [0, 0.1) is 11.3 Å². The van der Waals surface area contributed by atoms with Gasteiger partial charge in [0.25, 0.3) is 0 Å². The van der Waals surface area contributed by atoms with E-state index in [4.69, 9.17) is 21.3 Å². The number of aryl methyl sites for hydroxylation is 1. The first-order valence-corrected chi connectivity index (χ1v) is 16.1. The molecule has 4 aromatic rings. The highest BCUT2D eigenvalue weighted by Crippen LogP contribution is 2.35. The Morgan fingerprint density at radius 3 is 2.71 bits per heavy atom. The quantitative estimate of drug-likeness (QED) is 0.219. The van der Waals surface area contributed by atoms with Gasteiger partial charge in [-0.2, -0.15) is 5.26 Å². The lowest BCUT2D eigenvalue weighted by molar-refractivity contribution is -0.139. The van der Waals surface area contributed by atoms with E-state index in [0.29, 0.717) is 71.3 Å². The van der Waals surface area contributed by atoms with Gasteiger partial charge in [0.1, 0.15) is 41.8 Å². The van der Waals surface area contributed by atoms with Crippen LogP contribution in [0.25, 0.3) is 16.9 Å². The summed E-state index contributed by atoms with van der Waals surface area (Å²) in [6.07, 6.45) is 2.27. The number of aromatic amines is 1. The number of alkyl halides is 1. The van der Waals surface area contributed by atoms with Gasteiger partial charge in [-0.25, -0.2) is 18.9 Å². The van der Waals surface area contributed by atoms with E-state index in [9.17, 15) is 24.0 Å². The van der Waals surface area contributed by atoms with Crippen molar-refractivity contribution >= 4 is 40.9 Å². The van der Waals surface area contributed by atoms with Crippen LogP contribution in [-0.2, 0) is 20.7 Å². The van der Waals surface area contributed by atoms with Crippen molar-refractivity contribution in [2.24, 2.45) is 0 Å². The number of likely N-dealkylation sites (tertiary alicyclic amines) is 1. The van der Waals surface area contributed by atoms with Crippen LogP contribution in [0.3, 0.4) is 0 Å². The molecule has 49 heavy (non-hydrogen) atoms. The average molecular weight is 690 g/mol. The Hall–Kier alpha value is -5.56. The molecule has 2 aromatic carbocycles. The van der Waals surface area contributed by atoms with Crippen LogP contribution < -0.4 is 16.0 Å². The summed E-state index contributed by atoms with van der Waals surface area (Å²) in [7, 11) is 1.24. The number of hydrogen-bond donors (Lipinski definition) is 4. The van der Waals surface area contributed by atoms with Gasteiger partial charge in [0, 0.05) is 28.4 Å². The molecule has 17 heteroatoms. The summed E-state index contributed by atoms with van der Waals surface area (Å²) >= 11 is 6.26. The van der Waals surface area contributed by atoms with Gasteiger partial charge in [-0.1, -0.05) is 24.4 Å². The fourth-order valence-corrected chi connectivity index (χ4v) is 6.15. The van der Waals surface area contributed by atoms with Crippen LogP contribution in [-0.4, -0.2) is 85.4 Å². The van der Waals surface area contributed by atoms with Crippen LogP contribution in [0.15, 0.2) is 42.7 Å². The number of carbonyl (C=O) groups is 3. The van der Waals surface area contributed by atoms with E-state index >= 15 is 0 Å². The zero-order valence-electron chi connectivity index (χ0n) is 26.4. The number of fused-ring (bicyclic) bond motifs is 4. The number of hydrogen-bond acceptors (Lipinski definition) is 10. The molecule has 2 aliphatic rings. The number of benzene rings is 2. The molecule has 1 fully saturated rings. The third-order valence-corrected chi connectivity index (χ3v) is 8.71. The summed E-state index contributed by atoms with van der Waals surface area (Å²) in [6, 6.07) is 11.1. The minimum absolute atomic E-state index is 0.0234. The minimum Gasteiger partial charge on any atom is -0.453 e. The van der Waals surface area contributed by atoms with Gasteiger partial charge >= 0.3 is 6.09 Å². The summed E-state index contributed by atoms with van der Waals surface area (Å²) < 4.78 is 19.9. The molecule has 4 N–H and O–H groups in total. The standard InChI is InChI=1S/C32H33ClFN11O4/c1-49-32(48)37-21-8-9-22-25(13-21)38-24(31(47)44-15-20(34)16-44)5-3-2-4-23(30-40-26(14-35)29(22)41-30)39-28(46)11-6-18-12-19(33)7-10-27(18)45-17-36-42-43-45/h7-10,12-13,17,20,23-24,38H,2-6,11,15-16H2,1H3,(H,37,48)(H,39,46)(H,40,41)/t23-,24+/m0/s1. The van der Waals surface area contributed by atoms with E-state index < -0.39 is 24.3 Å². The Balaban J connectivity index is 1.28. The van der Waals surface area contributed by atoms with Crippen molar-refractivity contribution in [3.05, 3.63) is 64.8 Å². The highest BCUT2D eigenvalue weighted by molar-refractivity contribution is 6.30. The van der Waals surface area contributed by atoms with Crippen molar-refractivity contribution in [1.82, 2.24) is 40.4 Å². The number of methoxy groups -OCH3 is 1. The third kappa shape index (κ3) is 7.62. The normalized spacial score (nSPS) is 17.6. The van der Waals surface area contributed by atoms with Gasteiger partial charge in [-0.05, 0) is 71.7 Å². The summed E-state index contributed by atoms with van der Waals surface area (Å²) in [5, 5.41) is 30.9. The fraction of sp³-hybridized carbons (Fsp3) is 0.375. The Morgan fingerprint density at radius 1 is 1.16 bits per heavy atom. The molecule has 4 heterocycles. The molecule has 15 nitrogen and oxygen atoms in total. The maximum Gasteiger partial charge on any atom is 0.411 e. The van der Waals surface area contributed by atoms with Gasteiger partial charge < -0.3 is 25.3 Å². The zero-order chi connectivity index (χ0) is 34.5. The van der Waals surface area contributed by atoms with Crippen molar-refractivity contribution in [1.29, 1.82) is 5.26 Å². The molecule has 0 unspecified atom stereocenters. The number of nitriles is 1. The molecule has 6 rings (SSSR count). The number of amides is 3. The van der Waals surface area contributed by atoms with Gasteiger partial charge in [0.2, 0.25) is 11.8 Å². The smallest absolute Gasteiger partial charge is 0.411 e. The lowest BCUT2D eigenvalue weighted by atomic mass is 10.00. The van der Waals surface area contributed by atoms with Crippen LogP contribution in [0.4, 0.5) is 20.6 Å². The maximum atomic E-state index is 13.7. The molecule has 1 saturated heterocycles.